The molecule has 0 bridgehead atoms. The van der Waals surface area contributed by atoms with Gasteiger partial charge in [-0.25, -0.2) is 0 Å². The number of nitrogens with two attached hydrogens (primary N) is 3. The van der Waals surface area contributed by atoms with Crippen LogP contribution in [-0.2, 0) is 0 Å². The van der Waals surface area contributed by atoms with Crippen molar-refractivity contribution in [1.82, 2.24) is 0 Å². The first-order valence-electron chi connectivity index (χ1n) is 23.1. The minimum atomic E-state index is 0.613. The summed E-state index contributed by atoms with van der Waals surface area (Å²) < 4.78 is 0. The van der Waals surface area contributed by atoms with Crippen LogP contribution >= 0.6 is 0 Å². The molecule has 12 rings (SSSR count). The third kappa shape index (κ3) is 6.38. The highest BCUT2D eigenvalue weighted by Gasteiger charge is 2.35. The smallest absolute Gasteiger partial charge is 0.0646 e. The van der Waals surface area contributed by atoms with Crippen LogP contribution in [0.2, 0.25) is 0 Å². The summed E-state index contributed by atoms with van der Waals surface area (Å²) in [6.07, 6.45) is 0. The van der Waals surface area contributed by atoms with Gasteiger partial charge in [0.25, 0.3) is 0 Å². The fourth-order valence-electron chi connectivity index (χ4n) is 10.7. The summed E-state index contributed by atoms with van der Waals surface area (Å²) in [4.78, 5) is 2.40. The van der Waals surface area contributed by atoms with Crippen molar-refractivity contribution in [2.75, 3.05) is 22.1 Å². The summed E-state index contributed by atoms with van der Waals surface area (Å²) in [5.74, 6) is 0. The molecule has 0 saturated carbocycles. The lowest BCUT2D eigenvalue weighted by atomic mass is 9.74. The lowest BCUT2D eigenvalue weighted by Gasteiger charge is -2.35. The van der Waals surface area contributed by atoms with E-state index in [1.165, 1.54) is 0 Å². The molecule has 0 heterocycles. The lowest BCUT2D eigenvalue weighted by Crippen LogP contribution is -2.15. The molecule has 0 amide bonds. The Morgan fingerprint density at radius 1 is 0.206 bits per heavy atom. The minimum Gasteiger partial charge on any atom is -0.398 e. The van der Waals surface area contributed by atoms with Crippen molar-refractivity contribution in [3.63, 3.8) is 0 Å². The van der Waals surface area contributed by atoms with Crippen LogP contribution < -0.4 is 22.1 Å². The Kier molecular flexibility index (Phi) is 9.92. The van der Waals surface area contributed by atoms with Gasteiger partial charge in [-0.15, -0.1) is 0 Å². The second-order valence-corrected chi connectivity index (χ2v) is 17.3. The Hall–Kier alpha value is -9.12. The molecule has 0 aliphatic rings. The van der Waals surface area contributed by atoms with Crippen LogP contribution in [-0.4, -0.2) is 0 Å². The largest absolute Gasteiger partial charge is 0.398 e. The molecule has 12 aromatic rings. The summed E-state index contributed by atoms with van der Waals surface area (Å²) in [6.45, 7) is 0. The van der Waals surface area contributed by atoms with Crippen LogP contribution in [0.25, 0.3) is 99.1 Å². The molecule has 68 heavy (non-hydrogen) atoms. The van der Waals surface area contributed by atoms with Gasteiger partial charge in [0.2, 0.25) is 0 Å². The number of rotatable bonds is 9. The van der Waals surface area contributed by atoms with E-state index in [0.29, 0.717) is 17.1 Å². The van der Waals surface area contributed by atoms with E-state index in [2.05, 4.69) is 241 Å². The minimum absolute atomic E-state index is 0.613. The molecule has 0 aliphatic heterocycles. The molecular weight excluding hydrogens is 825 g/mol. The molecular formula is C64H46N4. The summed E-state index contributed by atoms with van der Waals surface area (Å²) in [5.41, 5.74) is 40.7. The second-order valence-electron chi connectivity index (χ2n) is 17.3. The van der Waals surface area contributed by atoms with Crippen LogP contribution in [0.15, 0.2) is 243 Å². The molecule has 4 heteroatoms. The Morgan fingerprint density at radius 3 is 0.735 bits per heavy atom. The topological polar surface area (TPSA) is 81.3 Å². The van der Waals surface area contributed by atoms with E-state index in [4.69, 9.17) is 17.2 Å². The van der Waals surface area contributed by atoms with Crippen LogP contribution in [0.5, 0.6) is 0 Å². The average Bonchev–Trinajstić information content (AvgIpc) is 3.41. The van der Waals surface area contributed by atoms with E-state index >= 15 is 0 Å². The van der Waals surface area contributed by atoms with Crippen molar-refractivity contribution < 1.29 is 0 Å². The van der Waals surface area contributed by atoms with Gasteiger partial charge in [-0.2, -0.15) is 0 Å². The van der Waals surface area contributed by atoms with Crippen LogP contribution in [0.3, 0.4) is 0 Å². The molecule has 0 unspecified atom stereocenters. The van der Waals surface area contributed by atoms with E-state index in [9.17, 15) is 0 Å². The third-order valence-electron chi connectivity index (χ3n) is 13.5. The van der Waals surface area contributed by atoms with Gasteiger partial charge >= 0.3 is 0 Å². The van der Waals surface area contributed by atoms with Gasteiger partial charge in [0.15, 0.2) is 0 Å². The second kappa shape index (κ2) is 16.7. The van der Waals surface area contributed by atoms with Crippen molar-refractivity contribution >= 4 is 66.4 Å². The molecule has 0 saturated heterocycles. The summed E-state index contributed by atoms with van der Waals surface area (Å²) in [6, 6.07) is 85.2. The zero-order valence-electron chi connectivity index (χ0n) is 37.3. The fourth-order valence-corrected chi connectivity index (χ4v) is 10.7. The predicted molar refractivity (Wildman–Crippen MR) is 291 cm³/mol. The van der Waals surface area contributed by atoms with Gasteiger partial charge in [-0.1, -0.05) is 218 Å². The van der Waals surface area contributed by atoms with Gasteiger partial charge in [0.1, 0.15) is 0 Å². The molecule has 0 atom stereocenters. The van der Waals surface area contributed by atoms with Crippen molar-refractivity contribution in [2.24, 2.45) is 0 Å². The maximum Gasteiger partial charge on any atom is 0.0646 e. The Bertz CT molecular complexity index is 3690. The summed E-state index contributed by atoms with van der Waals surface area (Å²) >= 11 is 0. The predicted octanol–water partition coefficient (Wildman–Crippen LogP) is 16.8. The van der Waals surface area contributed by atoms with Crippen molar-refractivity contribution in [2.45, 2.75) is 0 Å². The third-order valence-corrected chi connectivity index (χ3v) is 13.5. The number of nitrogens with zero attached hydrogens (tertiary/aromatic N) is 1. The fraction of sp³-hybridized carbons (Fsp3) is 0. The van der Waals surface area contributed by atoms with Gasteiger partial charge in [-0.05, 0) is 57.6 Å². The highest BCUT2D eigenvalue weighted by molar-refractivity contribution is 6.45. The first-order chi connectivity index (χ1) is 33.6. The Labute approximate surface area is 396 Å². The van der Waals surface area contributed by atoms with Crippen molar-refractivity contribution in [3.05, 3.63) is 243 Å². The molecule has 6 N–H and O–H groups in total. The maximum absolute atomic E-state index is 8.19. The first kappa shape index (κ1) is 40.4. The van der Waals surface area contributed by atoms with Crippen molar-refractivity contribution in [1.29, 1.82) is 0 Å². The number of hydrogen-bond acceptors (Lipinski definition) is 4. The molecule has 0 fully saturated rings. The van der Waals surface area contributed by atoms with Gasteiger partial charge < -0.3 is 22.1 Å². The number of nitrogen functional groups attached to an aromatic ring is 3. The Morgan fingerprint density at radius 2 is 0.426 bits per heavy atom. The van der Waals surface area contributed by atoms with Gasteiger partial charge in [-0.3, -0.25) is 0 Å². The molecule has 12 aromatic carbocycles. The number of hydrogen-bond donors (Lipinski definition) is 3. The van der Waals surface area contributed by atoms with Gasteiger partial charge in [0.05, 0.1) is 22.7 Å². The summed E-state index contributed by atoms with van der Waals surface area (Å²) in [5, 5.41) is 5.79. The monoisotopic (exact) mass is 870 g/mol. The molecule has 322 valence electrons. The van der Waals surface area contributed by atoms with Crippen LogP contribution in [0.1, 0.15) is 0 Å². The standard InChI is InChI=1S/C64H46N4/c65-61-53(45-33-17-5-18-34-45)62(66)58-51(43-29-13-3-14-30-43)52(44-31-15-4-16-32-44)60-56-55(58)57(61)49(41-25-9-1-10-26-41)50(42-27-11-2-12-28-42)59(56)63(67)54(46-35-19-6-20-36-46)64(60)68(47-37-21-7-22-38-47)48-39-23-8-24-40-48/h1-40H,65-67H2. The molecule has 0 aromatic heterocycles. The van der Waals surface area contributed by atoms with Crippen LogP contribution in [0, 0.1) is 0 Å². The number of benzene rings is 12. The SMILES string of the molecule is Nc1c(-c2ccccc2)c(N)c2c(-c3ccccc3)c(-c3ccccc3)c3c(N(c4ccccc4)c4ccccc4)c(-c4ccccc4)c(N)c4c(-c5ccccc5)c(-c5ccccc5)c1c2c43. The number of anilines is 6. The van der Waals surface area contributed by atoms with E-state index in [1.54, 1.807) is 0 Å². The van der Waals surface area contributed by atoms with Gasteiger partial charge in [0, 0.05) is 77.1 Å². The molecule has 0 radical (unpaired) electrons. The van der Waals surface area contributed by atoms with Crippen molar-refractivity contribution in [3.8, 4) is 66.8 Å². The maximum atomic E-state index is 8.19. The highest BCUT2D eigenvalue weighted by Crippen LogP contribution is 2.63. The highest BCUT2D eigenvalue weighted by atomic mass is 15.1. The van der Waals surface area contributed by atoms with E-state index in [0.717, 1.165) is 116 Å². The zero-order valence-corrected chi connectivity index (χ0v) is 37.3. The Balaban J connectivity index is 1.50. The molecule has 0 spiro atoms. The normalized spacial score (nSPS) is 11.4. The number of para-hydroxylation sites is 2. The first-order valence-corrected chi connectivity index (χ1v) is 23.1. The van der Waals surface area contributed by atoms with E-state index in [-0.39, 0.29) is 0 Å². The quantitative estimate of drug-likeness (QED) is 0.0997. The lowest BCUT2D eigenvalue weighted by molar-refractivity contribution is 1.30. The van der Waals surface area contributed by atoms with E-state index < -0.39 is 0 Å². The average molecular weight is 871 g/mol. The van der Waals surface area contributed by atoms with Crippen LogP contribution in [0.4, 0.5) is 34.1 Å². The zero-order chi connectivity index (χ0) is 45.7. The van der Waals surface area contributed by atoms with E-state index in [1.807, 2.05) is 6.07 Å². The molecule has 0 aliphatic carbocycles. The molecule has 4 nitrogen and oxygen atoms in total. The summed E-state index contributed by atoms with van der Waals surface area (Å²) in [7, 11) is 0.